The molecule has 0 amide bonds. The predicted octanol–water partition coefficient (Wildman–Crippen LogP) is 12.4. The fourth-order valence-electron chi connectivity index (χ4n) is 8.77. The van der Waals surface area contributed by atoms with Crippen molar-refractivity contribution in [3.8, 4) is 11.1 Å². The van der Waals surface area contributed by atoms with Gasteiger partial charge in [-0.1, -0.05) is 89.5 Å². The van der Waals surface area contributed by atoms with Crippen LogP contribution in [-0.4, -0.2) is 0 Å². The smallest absolute Gasteiger partial charge is 0.131 e. The van der Waals surface area contributed by atoms with E-state index in [2.05, 4.69) is 19.9 Å². The Bertz CT molecular complexity index is 1050. The molecule has 0 nitrogen and oxygen atoms in total. The van der Waals surface area contributed by atoms with Gasteiger partial charge >= 0.3 is 0 Å². The molecule has 0 bridgehead atoms. The normalized spacial score (nSPS) is 29.4. The molecule has 0 heterocycles. The molecule has 0 radical (unpaired) electrons. The molecule has 3 fully saturated rings. The van der Waals surface area contributed by atoms with Crippen LogP contribution >= 0.6 is 0 Å². The van der Waals surface area contributed by atoms with Gasteiger partial charge in [-0.05, 0) is 129 Å². The van der Waals surface area contributed by atoms with Crippen LogP contribution in [0.5, 0.6) is 0 Å². The average molecular weight is 549 g/mol. The van der Waals surface area contributed by atoms with Crippen molar-refractivity contribution in [2.45, 2.75) is 141 Å². The predicted molar refractivity (Wildman–Crippen MR) is 166 cm³/mol. The lowest BCUT2D eigenvalue weighted by Crippen LogP contribution is -2.25. The lowest BCUT2D eigenvalue weighted by atomic mass is 9.68. The van der Waals surface area contributed by atoms with Crippen molar-refractivity contribution in [2.24, 2.45) is 23.7 Å². The SMILES string of the molecule is CCCCCC1CCC(C2CCC(c3ccc(-c4ccc(C5CCC(CCC)CC5)c(F)c4)c(F)c3)CC2)CC1. The molecule has 0 atom stereocenters. The highest BCUT2D eigenvalue weighted by atomic mass is 19.1. The molecule has 3 aliphatic carbocycles. The van der Waals surface area contributed by atoms with Crippen molar-refractivity contribution in [3.63, 3.8) is 0 Å². The summed E-state index contributed by atoms with van der Waals surface area (Å²) in [5, 5.41) is 0. The molecule has 0 saturated heterocycles. The van der Waals surface area contributed by atoms with Gasteiger partial charge in [0.1, 0.15) is 11.6 Å². The zero-order chi connectivity index (χ0) is 27.9. The van der Waals surface area contributed by atoms with Crippen molar-refractivity contribution in [1.29, 1.82) is 0 Å². The van der Waals surface area contributed by atoms with Gasteiger partial charge in [-0.25, -0.2) is 8.78 Å². The Labute approximate surface area is 243 Å². The van der Waals surface area contributed by atoms with Crippen molar-refractivity contribution in [1.82, 2.24) is 0 Å². The number of rotatable bonds is 10. The maximum absolute atomic E-state index is 15.4. The van der Waals surface area contributed by atoms with Gasteiger partial charge in [0.2, 0.25) is 0 Å². The van der Waals surface area contributed by atoms with Gasteiger partial charge in [-0.15, -0.1) is 0 Å². The zero-order valence-electron chi connectivity index (χ0n) is 25.4. The third kappa shape index (κ3) is 7.38. The molecule has 3 aliphatic rings. The first kappa shape index (κ1) is 29.8. The Morgan fingerprint density at radius 1 is 0.575 bits per heavy atom. The number of hydrogen-bond acceptors (Lipinski definition) is 0. The summed E-state index contributed by atoms with van der Waals surface area (Å²) in [5.41, 5.74) is 3.17. The Hall–Kier alpha value is -1.70. The van der Waals surface area contributed by atoms with Crippen LogP contribution in [-0.2, 0) is 0 Å². The Morgan fingerprint density at radius 3 is 1.82 bits per heavy atom. The summed E-state index contributed by atoms with van der Waals surface area (Å²) in [6.45, 7) is 4.55. The molecule has 3 saturated carbocycles. The highest BCUT2D eigenvalue weighted by Crippen LogP contribution is 2.45. The van der Waals surface area contributed by atoms with E-state index in [1.807, 2.05) is 18.2 Å². The summed E-state index contributed by atoms with van der Waals surface area (Å²) in [7, 11) is 0. The highest BCUT2D eigenvalue weighted by Gasteiger charge is 2.31. The molecule has 5 rings (SSSR count). The van der Waals surface area contributed by atoms with E-state index in [4.69, 9.17) is 0 Å². The number of benzene rings is 2. The summed E-state index contributed by atoms with van der Waals surface area (Å²) in [6.07, 6.45) is 23.4. The summed E-state index contributed by atoms with van der Waals surface area (Å²) in [5.74, 6) is 4.01. The first-order chi connectivity index (χ1) is 19.6. The molecule has 0 aliphatic heterocycles. The lowest BCUT2D eigenvalue weighted by molar-refractivity contribution is 0.155. The third-order valence-electron chi connectivity index (χ3n) is 11.3. The second-order valence-electron chi connectivity index (χ2n) is 13.9. The summed E-state index contributed by atoms with van der Waals surface area (Å²) in [4.78, 5) is 0. The number of unbranched alkanes of at least 4 members (excludes halogenated alkanes) is 2. The van der Waals surface area contributed by atoms with Crippen LogP contribution in [0.4, 0.5) is 8.78 Å². The van der Waals surface area contributed by atoms with Crippen LogP contribution in [0.1, 0.15) is 152 Å². The fraction of sp³-hybridized carbons (Fsp3) is 0.684. The van der Waals surface area contributed by atoms with Crippen molar-refractivity contribution in [3.05, 3.63) is 59.2 Å². The second-order valence-corrected chi connectivity index (χ2v) is 13.9. The van der Waals surface area contributed by atoms with Crippen molar-refractivity contribution >= 4 is 0 Å². The van der Waals surface area contributed by atoms with Crippen molar-refractivity contribution < 1.29 is 8.78 Å². The van der Waals surface area contributed by atoms with E-state index in [0.717, 1.165) is 47.6 Å². The van der Waals surface area contributed by atoms with Crippen LogP contribution in [0.2, 0.25) is 0 Å². The Balaban J connectivity index is 1.13. The van der Waals surface area contributed by atoms with Gasteiger partial charge in [-0.3, -0.25) is 0 Å². The molecule has 2 heteroatoms. The minimum Gasteiger partial charge on any atom is -0.207 e. The molecule has 0 spiro atoms. The van der Waals surface area contributed by atoms with Gasteiger partial charge in [0.15, 0.2) is 0 Å². The molecule has 220 valence electrons. The summed E-state index contributed by atoms with van der Waals surface area (Å²) in [6, 6.07) is 11.2. The monoisotopic (exact) mass is 548 g/mol. The Kier molecular flexibility index (Phi) is 10.8. The van der Waals surface area contributed by atoms with Gasteiger partial charge < -0.3 is 0 Å². The minimum atomic E-state index is -0.201. The molecular weight excluding hydrogens is 494 g/mol. The van der Waals surface area contributed by atoms with Gasteiger partial charge in [0.05, 0.1) is 0 Å². The first-order valence-electron chi connectivity index (χ1n) is 17.1. The highest BCUT2D eigenvalue weighted by molar-refractivity contribution is 5.65. The third-order valence-corrected chi connectivity index (χ3v) is 11.3. The maximum Gasteiger partial charge on any atom is 0.131 e. The van der Waals surface area contributed by atoms with E-state index in [0.29, 0.717) is 23.0 Å². The van der Waals surface area contributed by atoms with E-state index >= 15 is 8.78 Å². The van der Waals surface area contributed by atoms with Crippen LogP contribution in [0, 0.1) is 35.3 Å². The van der Waals surface area contributed by atoms with E-state index in [-0.39, 0.29) is 11.6 Å². The van der Waals surface area contributed by atoms with Crippen LogP contribution < -0.4 is 0 Å². The van der Waals surface area contributed by atoms with E-state index in [1.54, 1.807) is 12.1 Å². The average Bonchev–Trinajstić information content (AvgIpc) is 2.98. The maximum atomic E-state index is 15.4. The zero-order valence-corrected chi connectivity index (χ0v) is 25.4. The summed E-state index contributed by atoms with van der Waals surface area (Å²) >= 11 is 0. The van der Waals surface area contributed by atoms with Gasteiger partial charge in [-0.2, -0.15) is 0 Å². The molecule has 0 aromatic heterocycles. The molecule has 0 unspecified atom stereocenters. The van der Waals surface area contributed by atoms with Crippen LogP contribution in [0.3, 0.4) is 0 Å². The van der Waals surface area contributed by atoms with Gasteiger partial charge in [0.25, 0.3) is 0 Å². The first-order valence-corrected chi connectivity index (χ1v) is 17.1. The fourth-order valence-corrected chi connectivity index (χ4v) is 8.77. The molecule has 0 N–H and O–H groups in total. The van der Waals surface area contributed by atoms with E-state index < -0.39 is 0 Å². The minimum absolute atomic E-state index is 0.159. The molecular formula is C38H54F2. The largest absolute Gasteiger partial charge is 0.207 e. The van der Waals surface area contributed by atoms with E-state index in [1.165, 1.54) is 103 Å². The second kappa shape index (κ2) is 14.5. The van der Waals surface area contributed by atoms with Crippen LogP contribution in [0.15, 0.2) is 36.4 Å². The van der Waals surface area contributed by atoms with Crippen LogP contribution in [0.25, 0.3) is 11.1 Å². The van der Waals surface area contributed by atoms with Gasteiger partial charge in [0, 0.05) is 5.56 Å². The Morgan fingerprint density at radius 2 is 1.20 bits per heavy atom. The summed E-state index contributed by atoms with van der Waals surface area (Å²) < 4.78 is 30.6. The standard InChI is InChI=1S/C38H54F2/c1-3-5-6-8-28-9-13-29(14-10-28)30-17-19-31(20-18-30)33-21-23-36(37(39)25-33)34-22-24-35(38(40)26-34)32-15-11-27(7-4-2)12-16-32/h21-32H,3-20H2,1-2H3. The molecule has 40 heavy (non-hydrogen) atoms. The molecule has 2 aromatic carbocycles. The number of hydrogen-bond donors (Lipinski definition) is 0. The lowest BCUT2D eigenvalue weighted by Gasteiger charge is -2.38. The topological polar surface area (TPSA) is 0 Å². The van der Waals surface area contributed by atoms with E-state index in [9.17, 15) is 0 Å². The number of halogens is 2. The molecule has 2 aromatic rings. The van der Waals surface area contributed by atoms with Crippen molar-refractivity contribution in [2.75, 3.05) is 0 Å². The quantitative estimate of drug-likeness (QED) is 0.259.